The van der Waals surface area contributed by atoms with Crippen LogP contribution in [0.2, 0.25) is 0 Å². The lowest BCUT2D eigenvalue weighted by atomic mass is 10.1. The number of fused-ring (bicyclic) bond motifs is 1. The molecule has 4 rings (SSSR count). The van der Waals surface area contributed by atoms with Crippen molar-refractivity contribution in [2.75, 3.05) is 33.2 Å². The van der Waals surface area contributed by atoms with Crippen LogP contribution in [-0.2, 0) is 22.3 Å². The molecule has 2 aromatic heterocycles. The number of hydrogen-bond donors (Lipinski definition) is 1. The van der Waals surface area contributed by atoms with E-state index in [1.807, 2.05) is 24.3 Å². The molecule has 0 spiro atoms. The monoisotopic (exact) mass is 556 g/mol. The summed E-state index contributed by atoms with van der Waals surface area (Å²) in [4.78, 5) is 10.9. The van der Waals surface area contributed by atoms with E-state index in [1.54, 1.807) is 19.3 Å². The Morgan fingerprint density at radius 3 is 2.65 bits per heavy atom. The first-order valence-electron chi connectivity index (χ1n) is 9.72. The molecule has 0 radical (unpaired) electrons. The van der Waals surface area contributed by atoms with Gasteiger partial charge in [-0.15, -0.1) is 24.0 Å². The van der Waals surface area contributed by atoms with Crippen LogP contribution in [0.4, 0.5) is 0 Å². The Hall–Kier alpha value is -2.25. The van der Waals surface area contributed by atoms with Gasteiger partial charge in [0.05, 0.1) is 11.2 Å². The number of benzene rings is 1. The van der Waals surface area contributed by atoms with Gasteiger partial charge in [-0.3, -0.25) is 9.98 Å². The molecule has 0 bridgehead atoms. The molecule has 0 saturated carbocycles. The van der Waals surface area contributed by atoms with Crippen LogP contribution in [0.5, 0.6) is 0 Å². The zero-order chi connectivity index (χ0) is 21.0. The Morgan fingerprint density at radius 2 is 1.94 bits per heavy atom. The number of piperazine rings is 1. The quantitative estimate of drug-likeness (QED) is 0.292. The first-order chi connectivity index (χ1) is 14.6. The lowest BCUT2D eigenvalue weighted by molar-refractivity contribution is 0.259. The van der Waals surface area contributed by atoms with Gasteiger partial charge in [-0.05, 0) is 17.7 Å². The number of nitrogens with zero attached hydrogens (tertiary/aromatic N) is 5. The van der Waals surface area contributed by atoms with Gasteiger partial charge < -0.3 is 14.7 Å². The lowest BCUT2D eigenvalue weighted by Crippen LogP contribution is -2.53. The molecule has 1 aromatic carbocycles. The van der Waals surface area contributed by atoms with Gasteiger partial charge in [0.25, 0.3) is 0 Å². The number of guanidine groups is 1. The van der Waals surface area contributed by atoms with Crippen LogP contribution in [0.25, 0.3) is 10.9 Å². The second-order valence-electron chi connectivity index (χ2n) is 7.02. The SMILES string of the molecule is CN=C(NCc1ccnc2ccccc12)N1CCN(S(=O)(=O)Cc2ccon2)CC1.I. The molecule has 1 fully saturated rings. The first-order valence-corrected chi connectivity index (χ1v) is 11.3. The van der Waals surface area contributed by atoms with E-state index in [0.29, 0.717) is 38.4 Å². The molecule has 3 aromatic rings. The summed E-state index contributed by atoms with van der Waals surface area (Å²) in [6.07, 6.45) is 3.19. The van der Waals surface area contributed by atoms with Gasteiger partial charge in [0.1, 0.15) is 12.0 Å². The standard InChI is InChI=1S/C20H24N6O3S.HI/c1-21-20(23-14-16-6-8-22-19-5-3-2-4-18(16)19)25-9-11-26(12-10-25)30(27,28)15-17-7-13-29-24-17;/h2-8,13H,9-12,14-15H2,1H3,(H,21,23);1H. The number of hydrogen-bond acceptors (Lipinski definition) is 6. The van der Waals surface area contributed by atoms with Gasteiger partial charge in [-0.2, -0.15) is 4.31 Å². The molecule has 9 nitrogen and oxygen atoms in total. The summed E-state index contributed by atoms with van der Waals surface area (Å²) in [5.74, 6) is 0.607. The summed E-state index contributed by atoms with van der Waals surface area (Å²) >= 11 is 0. The number of pyridine rings is 1. The van der Waals surface area contributed by atoms with E-state index in [9.17, 15) is 8.42 Å². The zero-order valence-electron chi connectivity index (χ0n) is 17.1. The number of sulfonamides is 1. The van der Waals surface area contributed by atoms with E-state index in [2.05, 4.69) is 31.4 Å². The molecule has 166 valence electrons. The Kier molecular flexibility index (Phi) is 7.84. The third-order valence-corrected chi connectivity index (χ3v) is 6.95. The van der Waals surface area contributed by atoms with Crippen molar-refractivity contribution >= 4 is 50.9 Å². The fraction of sp³-hybridized carbons (Fsp3) is 0.350. The van der Waals surface area contributed by atoms with Crippen molar-refractivity contribution in [2.24, 2.45) is 4.99 Å². The number of para-hydroxylation sites is 1. The van der Waals surface area contributed by atoms with Crippen molar-refractivity contribution in [3.63, 3.8) is 0 Å². The van der Waals surface area contributed by atoms with Crippen LogP contribution in [0, 0.1) is 0 Å². The largest absolute Gasteiger partial charge is 0.364 e. The molecular formula is C20H25IN6O3S. The average molecular weight is 556 g/mol. The summed E-state index contributed by atoms with van der Waals surface area (Å²) < 4.78 is 31.4. The minimum Gasteiger partial charge on any atom is -0.364 e. The Bertz CT molecular complexity index is 1120. The van der Waals surface area contributed by atoms with E-state index in [-0.39, 0.29) is 29.7 Å². The van der Waals surface area contributed by atoms with E-state index in [4.69, 9.17) is 4.52 Å². The first kappa shape index (κ1) is 23.4. The van der Waals surface area contributed by atoms with Crippen molar-refractivity contribution < 1.29 is 12.9 Å². The number of nitrogens with one attached hydrogen (secondary N) is 1. The fourth-order valence-corrected chi connectivity index (χ4v) is 5.01. The lowest BCUT2D eigenvalue weighted by Gasteiger charge is -2.35. The summed E-state index contributed by atoms with van der Waals surface area (Å²) in [5.41, 5.74) is 2.51. The van der Waals surface area contributed by atoms with Crippen LogP contribution in [0.3, 0.4) is 0 Å². The minimum atomic E-state index is -3.42. The molecule has 0 amide bonds. The molecule has 1 N–H and O–H groups in total. The molecule has 3 heterocycles. The van der Waals surface area contributed by atoms with Crippen LogP contribution in [0.15, 0.2) is 58.4 Å². The number of rotatable bonds is 5. The van der Waals surface area contributed by atoms with Crippen LogP contribution < -0.4 is 5.32 Å². The highest BCUT2D eigenvalue weighted by Gasteiger charge is 2.29. The Morgan fingerprint density at radius 1 is 1.16 bits per heavy atom. The maximum Gasteiger partial charge on any atom is 0.220 e. The van der Waals surface area contributed by atoms with E-state index in [1.165, 1.54) is 10.6 Å². The highest BCUT2D eigenvalue weighted by Crippen LogP contribution is 2.16. The van der Waals surface area contributed by atoms with Gasteiger partial charge in [0.15, 0.2) is 5.96 Å². The third-order valence-electron chi connectivity index (χ3n) is 5.14. The van der Waals surface area contributed by atoms with Crippen molar-refractivity contribution in [1.29, 1.82) is 0 Å². The van der Waals surface area contributed by atoms with Crippen molar-refractivity contribution in [2.45, 2.75) is 12.3 Å². The van der Waals surface area contributed by atoms with Gasteiger partial charge in [0, 0.05) is 57.4 Å². The maximum absolute atomic E-state index is 12.6. The normalized spacial score (nSPS) is 15.6. The van der Waals surface area contributed by atoms with Crippen molar-refractivity contribution in [3.8, 4) is 0 Å². The molecule has 0 aliphatic carbocycles. The molecule has 0 atom stereocenters. The highest BCUT2D eigenvalue weighted by atomic mass is 127. The van der Waals surface area contributed by atoms with Gasteiger partial charge in [-0.25, -0.2) is 8.42 Å². The molecule has 0 unspecified atom stereocenters. The van der Waals surface area contributed by atoms with Gasteiger partial charge in [0.2, 0.25) is 10.0 Å². The van der Waals surface area contributed by atoms with Crippen LogP contribution >= 0.6 is 24.0 Å². The smallest absolute Gasteiger partial charge is 0.220 e. The molecule has 1 aliphatic rings. The maximum atomic E-state index is 12.6. The second-order valence-corrected chi connectivity index (χ2v) is 8.99. The summed E-state index contributed by atoms with van der Waals surface area (Å²) in [7, 11) is -1.69. The van der Waals surface area contributed by atoms with Crippen molar-refractivity contribution in [3.05, 3.63) is 60.1 Å². The fourth-order valence-electron chi connectivity index (χ4n) is 3.58. The van der Waals surface area contributed by atoms with E-state index >= 15 is 0 Å². The van der Waals surface area contributed by atoms with E-state index < -0.39 is 10.0 Å². The molecule has 1 saturated heterocycles. The van der Waals surface area contributed by atoms with E-state index in [0.717, 1.165) is 22.4 Å². The number of aromatic nitrogens is 2. The summed E-state index contributed by atoms with van der Waals surface area (Å²) in [5, 5.41) is 8.20. The summed E-state index contributed by atoms with van der Waals surface area (Å²) in [6, 6.07) is 11.6. The van der Waals surface area contributed by atoms with Gasteiger partial charge >= 0.3 is 0 Å². The second kappa shape index (κ2) is 10.4. The van der Waals surface area contributed by atoms with Crippen molar-refractivity contribution in [1.82, 2.24) is 24.7 Å². The van der Waals surface area contributed by atoms with Gasteiger partial charge in [-0.1, -0.05) is 23.4 Å². The third kappa shape index (κ3) is 5.52. The van der Waals surface area contributed by atoms with Crippen LogP contribution in [0.1, 0.15) is 11.3 Å². The topological polar surface area (TPSA) is 104 Å². The predicted molar refractivity (Wildman–Crippen MR) is 130 cm³/mol. The molecule has 1 aliphatic heterocycles. The number of halogens is 1. The molecular weight excluding hydrogens is 531 g/mol. The summed E-state index contributed by atoms with van der Waals surface area (Å²) in [6.45, 7) is 2.54. The highest BCUT2D eigenvalue weighted by molar-refractivity contribution is 14.0. The minimum absolute atomic E-state index is 0. The molecule has 31 heavy (non-hydrogen) atoms. The average Bonchev–Trinajstić information content (AvgIpc) is 3.27. The number of aliphatic imine (C=N–C) groups is 1. The zero-order valence-corrected chi connectivity index (χ0v) is 20.3. The Labute approximate surface area is 198 Å². The predicted octanol–water partition coefficient (Wildman–Crippen LogP) is 2.06. The molecule has 11 heteroatoms. The Balaban J connectivity index is 0.00000272. The van der Waals surface area contributed by atoms with Crippen LogP contribution in [-0.4, -0.2) is 66.9 Å².